The van der Waals surface area contributed by atoms with Gasteiger partial charge in [0.15, 0.2) is 24.5 Å². The van der Waals surface area contributed by atoms with Crippen molar-refractivity contribution in [3.05, 3.63) is 30.1 Å². The highest BCUT2D eigenvalue weighted by Gasteiger charge is 2.48. The number of aliphatic hydroxyl groups excluding tert-OH is 2. The third-order valence-electron chi connectivity index (χ3n) is 3.89. The van der Waals surface area contributed by atoms with Gasteiger partial charge < -0.3 is 55.7 Å². The number of pyridine rings is 1. The first-order chi connectivity index (χ1) is 14.2. The maximum atomic E-state index is 10.8. The number of carboxylic acid groups (broad SMARTS) is 2. The number of carbonyl (C=O) groups is 3. The summed E-state index contributed by atoms with van der Waals surface area (Å²) >= 11 is 0. The number of phosphoric ester groups is 1. The van der Waals surface area contributed by atoms with E-state index in [1.807, 2.05) is 0 Å². The summed E-state index contributed by atoms with van der Waals surface area (Å²) in [6.45, 7) is -0.702. The highest BCUT2D eigenvalue weighted by atomic mass is 31.2. The number of aromatic carboxylic acids is 1. The largest absolute Gasteiger partial charge is 0.756 e. The molecule has 15 nitrogen and oxygen atoms in total. The first kappa shape index (κ1) is 26.5. The Morgan fingerprint density at radius 2 is 1.97 bits per heavy atom. The van der Waals surface area contributed by atoms with Crippen LogP contribution in [0, 0.1) is 0 Å². The van der Waals surface area contributed by atoms with Gasteiger partial charge in [-0.15, -0.1) is 0 Å². The summed E-state index contributed by atoms with van der Waals surface area (Å²) in [5.41, 5.74) is 7.69. The number of primary amides is 1. The maximum Gasteiger partial charge on any atom is 0.362 e. The number of ether oxygens (including phenoxy) is 1. The summed E-state index contributed by atoms with van der Waals surface area (Å²) in [4.78, 5) is 49.8. The number of nitrogens with zero attached hydrogens (tertiary/aromatic N) is 1. The molecule has 1 fully saturated rings. The zero-order valence-electron chi connectivity index (χ0n) is 15.8. The molecule has 6 atom stereocenters. The second-order valence-corrected chi connectivity index (χ2v) is 7.54. The number of hydrogen-bond acceptors (Lipinski definition) is 10. The second-order valence-electron chi connectivity index (χ2n) is 6.34. The molecule has 1 aliphatic heterocycles. The van der Waals surface area contributed by atoms with Crippen LogP contribution in [0.5, 0.6) is 0 Å². The van der Waals surface area contributed by atoms with Crippen molar-refractivity contribution in [2.45, 2.75) is 37.0 Å². The van der Waals surface area contributed by atoms with Gasteiger partial charge in [0, 0.05) is 6.07 Å². The molecule has 1 amide bonds. The predicted molar refractivity (Wildman–Crippen MR) is 90.8 cm³/mol. The molecule has 0 saturated carbocycles. The normalized spacial score (nSPS) is 25.6. The summed E-state index contributed by atoms with van der Waals surface area (Å²) in [5, 5.41) is 38.7. The lowest BCUT2D eigenvalue weighted by atomic mass is 10.1. The Bertz CT molecular complexity index is 846. The molecular formula is C15H22N3O12P. The van der Waals surface area contributed by atoms with Crippen molar-refractivity contribution in [3.8, 4) is 0 Å². The van der Waals surface area contributed by atoms with Crippen LogP contribution < -0.4 is 26.0 Å². The fourth-order valence-corrected chi connectivity index (χ4v) is 2.72. The molecular weight excluding hydrogens is 445 g/mol. The lowest BCUT2D eigenvalue weighted by Gasteiger charge is -2.19. The van der Waals surface area contributed by atoms with E-state index in [1.54, 1.807) is 0 Å². The van der Waals surface area contributed by atoms with E-state index in [0.29, 0.717) is 0 Å². The number of carboxylic acids is 2. The number of phosphoric acid groups is 1. The quantitative estimate of drug-likeness (QED) is 0.154. The molecule has 2 rings (SSSR count). The standard InChI is InChI=1S/C11H14NO9P.C4H8N2O3/c13-8-7(5-20-22(17,18)19)21-10(9(8)14)12-3-1-2-6(4-12)11(15)16;5-2(4(8)9)1-3(6)7/h1-4,7-10,13-14H,5H2,(H2-,15,16,17,18,19);2H,1,5H2,(H2,6,7)(H,8,9)/t7-,8-,9-,10-;2-/m10/s1. The van der Waals surface area contributed by atoms with Gasteiger partial charge in [0.05, 0.1) is 24.6 Å². The van der Waals surface area contributed by atoms with Crippen LogP contribution in [-0.4, -0.2) is 69.0 Å². The SMILES string of the molecule is NC(=O)C[C@H]([NH3+])C(=O)O.O=C([O-])c1ccc[n+]([C@@H]2O[C@H](COP(=O)([O-])O)[C@@H](O)[C@H]2O)c1. The van der Waals surface area contributed by atoms with E-state index in [4.69, 9.17) is 14.7 Å². The highest BCUT2D eigenvalue weighted by molar-refractivity contribution is 7.44. The molecule has 0 spiro atoms. The topological polar surface area (TPSA) is 271 Å². The third kappa shape index (κ3) is 8.64. The number of carbonyl (C=O) groups excluding carboxylic acids is 2. The minimum atomic E-state index is -4.99. The highest BCUT2D eigenvalue weighted by Crippen LogP contribution is 2.33. The van der Waals surface area contributed by atoms with E-state index in [1.165, 1.54) is 22.9 Å². The molecule has 31 heavy (non-hydrogen) atoms. The van der Waals surface area contributed by atoms with Crippen LogP contribution in [0.4, 0.5) is 0 Å². The minimum absolute atomic E-state index is 0.174. The number of nitrogens with two attached hydrogens (primary N) is 1. The summed E-state index contributed by atoms with van der Waals surface area (Å²) in [6.07, 6.45) is -3.02. The Labute approximate surface area is 174 Å². The third-order valence-corrected chi connectivity index (χ3v) is 4.36. The van der Waals surface area contributed by atoms with E-state index in [2.05, 4.69) is 16.0 Å². The first-order valence-electron chi connectivity index (χ1n) is 8.49. The van der Waals surface area contributed by atoms with Crippen molar-refractivity contribution >= 4 is 25.7 Å². The van der Waals surface area contributed by atoms with E-state index >= 15 is 0 Å². The van der Waals surface area contributed by atoms with E-state index in [9.17, 15) is 39.2 Å². The summed E-state index contributed by atoms with van der Waals surface area (Å²) in [6, 6.07) is 1.73. The van der Waals surface area contributed by atoms with Crippen LogP contribution in [0.25, 0.3) is 0 Å². The van der Waals surface area contributed by atoms with Crippen LogP contribution in [0.1, 0.15) is 23.0 Å². The molecule has 16 heteroatoms. The van der Waals surface area contributed by atoms with Crippen molar-refractivity contribution in [1.29, 1.82) is 0 Å². The molecule has 1 unspecified atom stereocenters. The number of aliphatic carboxylic acids is 1. The van der Waals surface area contributed by atoms with Gasteiger partial charge in [0.2, 0.25) is 5.91 Å². The zero-order chi connectivity index (χ0) is 23.9. The fraction of sp³-hybridized carbons (Fsp3) is 0.467. The Balaban J connectivity index is 0.000000452. The van der Waals surface area contributed by atoms with Gasteiger partial charge in [0.25, 0.3) is 14.1 Å². The number of aromatic nitrogens is 1. The van der Waals surface area contributed by atoms with Gasteiger partial charge in [-0.05, 0) is 6.07 Å². The van der Waals surface area contributed by atoms with Crippen LogP contribution in [0.15, 0.2) is 24.5 Å². The second kappa shape index (κ2) is 11.2. The molecule has 2 heterocycles. The molecule has 1 aliphatic rings. The van der Waals surface area contributed by atoms with Crippen LogP contribution in [0.3, 0.4) is 0 Å². The molecule has 0 radical (unpaired) electrons. The first-order valence-corrected chi connectivity index (χ1v) is 9.98. The Morgan fingerprint density at radius 3 is 2.42 bits per heavy atom. The summed E-state index contributed by atoms with van der Waals surface area (Å²) in [5.74, 6) is -3.18. The number of amides is 1. The van der Waals surface area contributed by atoms with E-state index in [-0.39, 0.29) is 12.0 Å². The van der Waals surface area contributed by atoms with Crippen molar-refractivity contribution < 1.29 is 68.7 Å². The Morgan fingerprint density at radius 1 is 1.35 bits per heavy atom. The molecule has 1 aromatic heterocycles. The molecule has 1 saturated heterocycles. The van der Waals surface area contributed by atoms with Crippen molar-refractivity contribution in [2.75, 3.05) is 6.61 Å². The van der Waals surface area contributed by atoms with Gasteiger partial charge in [-0.25, -0.2) is 4.79 Å². The molecule has 1 aromatic rings. The smallest absolute Gasteiger partial charge is 0.362 e. The van der Waals surface area contributed by atoms with Crippen LogP contribution in [0.2, 0.25) is 0 Å². The van der Waals surface area contributed by atoms with Crippen LogP contribution in [-0.2, 0) is 23.4 Å². The molecule has 0 aromatic carbocycles. The Kier molecular flexibility index (Phi) is 9.61. The lowest BCUT2D eigenvalue weighted by molar-refractivity contribution is -0.765. The molecule has 0 bridgehead atoms. The number of aliphatic hydroxyl groups is 2. The van der Waals surface area contributed by atoms with Gasteiger partial charge in [-0.3, -0.25) is 9.36 Å². The lowest BCUT2D eigenvalue weighted by Crippen LogP contribution is -2.65. The zero-order valence-corrected chi connectivity index (χ0v) is 16.7. The Hall–Kier alpha value is -2.49. The average molecular weight is 467 g/mol. The van der Waals surface area contributed by atoms with Gasteiger partial charge in [-0.1, -0.05) is 0 Å². The van der Waals surface area contributed by atoms with Gasteiger partial charge in [-0.2, -0.15) is 4.57 Å². The van der Waals surface area contributed by atoms with E-state index < -0.39 is 62.9 Å². The number of hydrogen-bond donors (Lipinski definition) is 6. The molecule has 0 aliphatic carbocycles. The molecule has 9 N–H and O–H groups in total. The van der Waals surface area contributed by atoms with Gasteiger partial charge >= 0.3 is 5.97 Å². The summed E-state index contributed by atoms with van der Waals surface area (Å²) in [7, 11) is -4.99. The minimum Gasteiger partial charge on any atom is -0.756 e. The number of rotatable bonds is 8. The monoisotopic (exact) mass is 467 g/mol. The van der Waals surface area contributed by atoms with Crippen LogP contribution >= 0.6 is 7.82 Å². The van der Waals surface area contributed by atoms with Gasteiger partial charge in [0.1, 0.15) is 12.2 Å². The molecule has 174 valence electrons. The van der Waals surface area contributed by atoms with Crippen molar-refractivity contribution in [1.82, 2.24) is 0 Å². The van der Waals surface area contributed by atoms with Crippen molar-refractivity contribution in [2.24, 2.45) is 5.73 Å². The maximum absolute atomic E-state index is 10.8. The predicted octanol–water partition coefficient (Wildman–Crippen LogP) is -6.01. The fourth-order valence-electron chi connectivity index (χ4n) is 2.38. The average Bonchev–Trinajstić information content (AvgIpc) is 2.94. The number of quaternary nitrogens is 1. The van der Waals surface area contributed by atoms with Crippen molar-refractivity contribution in [3.63, 3.8) is 0 Å². The van der Waals surface area contributed by atoms with E-state index in [0.717, 1.165) is 6.20 Å². The summed E-state index contributed by atoms with van der Waals surface area (Å²) < 4.78 is 21.1.